The third-order valence-electron chi connectivity index (χ3n) is 9.62. The molecule has 0 aliphatic carbocycles. The summed E-state index contributed by atoms with van der Waals surface area (Å²) in [6.07, 6.45) is 0.337. The first kappa shape index (κ1) is 30.4. The number of hydrogen-bond donors (Lipinski definition) is 4. The number of hydrogen-bond acceptors (Lipinski definition) is 13. The lowest BCUT2D eigenvalue weighted by molar-refractivity contribution is -0.159. The van der Waals surface area contributed by atoms with E-state index in [1.165, 1.54) is 25.8 Å². The Balaban J connectivity index is 1.49. The van der Waals surface area contributed by atoms with Crippen molar-refractivity contribution < 1.29 is 43.5 Å². The minimum atomic E-state index is -0.978. The highest BCUT2D eigenvalue weighted by molar-refractivity contribution is 7.99. The smallest absolute Gasteiger partial charge is 0.324 e. The summed E-state index contributed by atoms with van der Waals surface area (Å²) in [7, 11) is 1.54. The second-order valence-electron chi connectivity index (χ2n) is 12.3. The summed E-state index contributed by atoms with van der Waals surface area (Å²) < 4.78 is 29.6. The van der Waals surface area contributed by atoms with E-state index in [1.807, 2.05) is 31.7 Å². The molecule has 2 aromatic rings. The van der Waals surface area contributed by atoms with E-state index in [9.17, 15) is 19.8 Å². The molecule has 8 rings (SSSR count). The minimum absolute atomic E-state index is 0.0152. The number of phenols is 1. The van der Waals surface area contributed by atoms with Crippen LogP contribution in [-0.4, -0.2) is 84.2 Å². The number of nitrogens with zero attached hydrogens (tertiary/aromatic N) is 1. The molecule has 0 aromatic heterocycles. The monoisotopic (exact) mass is 641 g/mol. The maximum Gasteiger partial charge on any atom is 0.324 e. The lowest BCUT2D eigenvalue weighted by Crippen LogP contribution is -2.69. The van der Waals surface area contributed by atoms with E-state index in [1.54, 1.807) is 0 Å². The number of carbonyl (C=O) groups is 2. The second kappa shape index (κ2) is 11.5. The first-order chi connectivity index (χ1) is 21.7. The van der Waals surface area contributed by atoms with Gasteiger partial charge < -0.3 is 44.5 Å². The number of piperazine rings is 1. The van der Waals surface area contributed by atoms with Gasteiger partial charge in [-0.2, -0.15) is 0 Å². The highest BCUT2D eigenvalue weighted by Crippen LogP contribution is 2.62. The quantitative estimate of drug-likeness (QED) is 0.280. The molecule has 4 N–H and O–H groups in total. The van der Waals surface area contributed by atoms with Crippen LogP contribution >= 0.6 is 11.8 Å². The summed E-state index contributed by atoms with van der Waals surface area (Å²) in [6.45, 7) is 7.68. The van der Waals surface area contributed by atoms with Crippen molar-refractivity contribution in [3.8, 4) is 28.7 Å². The topological polar surface area (TPSA) is 148 Å². The van der Waals surface area contributed by atoms with Gasteiger partial charge in [-0.15, -0.1) is 11.8 Å². The molecular weight excluding hydrogens is 602 g/mol. The number of rotatable bonds is 5. The number of aryl methyl sites for hydroxylation is 1. The molecule has 6 aliphatic heterocycles. The van der Waals surface area contributed by atoms with Crippen LogP contribution in [0.3, 0.4) is 0 Å². The number of aliphatic hydroxyl groups excluding tert-OH is 1. The maximum absolute atomic E-state index is 13.4. The molecule has 12 nitrogen and oxygen atoms in total. The molecule has 6 aliphatic rings. The predicted molar refractivity (Wildman–Crippen MR) is 164 cm³/mol. The summed E-state index contributed by atoms with van der Waals surface area (Å²) >= 11 is 1.53. The highest BCUT2D eigenvalue weighted by Gasteiger charge is 2.58. The van der Waals surface area contributed by atoms with E-state index in [0.29, 0.717) is 58.4 Å². The average Bonchev–Trinajstić information content (AvgIpc) is 3.50. The third-order valence-corrected chi connectivity index (χ3v) is 11.0. The van der Waals surface area contributed by atoms with Gasteiger partial charge in [-0.1, -0.05) is 13.0 Å². The Kier molecular flexibility index (Phi) is 7.80. The van der Waals surface area contributed by atoms with Gasteiger partial charge in [0.2, 0.25) is 6.79 Å². The van der Waals surface area contributed by atoms with Crippen LogP contribution in [0.2, 0.25) is 0 Å². The fourth-order valence-electron chi connectivity index (χ4n) is 7.85. The van der Waals surface area contributed by atoms with Gasteiger partial charge in [-0.05, 0) is 44.4 Å². The standard InChI is InChI=1S/C32H39N3O9S/c1-6-7-33-18-11-45-30-22-21(29-28(42-12-43-29)14(3)27(22)44-15(4)36)19(10-41-32(18)39)35-24(30)23-20-16(9-17(34-23)31(35)38)8-13(2)26(40-5)25(20)37/h8,17-19,23-24,30-31,33-34,37-38H,6-7,9-12H2,1-5H3/t17-,18+,19+,23+,24?,30-,31+/m1/s1. The number of ether oxygens (including phenoxy) is 5. The number of thioether (sulfide) groups is 1. The number of nitrogens with one attached hydrogen (secondary N) is 2. The zero-order valence-corrected chi connectivity index (χ0v) is 26.8. The van der Waals surface area contributed by atoms with Gasteiger partial charge in [0.05, 0.1) is 30.5 Å². The summed E-state index contributed by atoms with van der Waals surface area (Å²) in [5, 5.41) is 30.3. The number of aromatic hydroxyl groups is 1. The predicted octanol–water partition coefficient (Wildman–Crippen LogP) is 2.68. The minimum Gasteiger partial charge on any atom is -0.504 e. The number of aliphatic hydroxyl groups is 1. The number of fused-ring (bicyclic) bond motifs is 10. The summed E-state index contributed by atoms with van der Waals surface area (Å²) in [5.74, 6) is 1.33. The molecule has 6 heterocycles. The lowest BCUT2D eigenvalue weighted by Gasteiger charge is -2.59. The molecular formula is C32H39N3O9S. The Labute approximate surface area is 265 Å². The SMILES string of the molecule is CCCN[C@H]1CS[C@@H]2c3c(OC(C)=O)c(C)c4c(c3[C@H](COC1=O)N1C2[C@H]2N[C@H](Cc3cc(C)c(OC)c(O)c32)[C@@H]1O)OCO4. The van der Waals surface area contributed by atoms with Crippen molar-refractivity contribution >= 4 is 23.7 Å². The molecule has 1 unspecified atom stereocenters. The van der Waals surface area contributed by atoms with E-state index in [-0.39, 0.29) is 31.2 Å². The number of phenolic OH excluding ortho intramolecular Hbond substituents is 1. The van der Waals surface area contributed by atoms with Crippen LogP contribution in [0.25, 0.3) is 0 Å². The van der Waals surface area contributed by atoms with Gasteiger partial charge >= 0.3 is 11.9 Å². The Morgan fingerprint density at radius 2 is 1.96 bits per heavy atom. The van der Waals surface area contributed by atoms with Crippen LogP contribution in [0.1, 0.15) is 71.0 Å². The van der Waals surface area contributed by atoms with Gasteiger partial charge in [0.15, 0.2) is 23.0 Å². The van der Waals surface area contributed by atoms with Crippen LogP contribution < -0.4 is 29.6 Å². The van der Waals surface area contributed by atoms with Crippen molar-refractivity contribution in [2.45, 2.75) is 82.2 Å². The van der Waals surface area contributed by atoms with Gasteiger partial charge in [-0.25, -0.2) is 0 Å². The van der Waals surface area contributed by atoms with Crippen LogP contribution in [0.5, 0.6) is 28.7 Å². The van der Waals surface area contributed by atoms with Crippen LogP contribution in [0.15, 0.2) is 6.07 Å². The highest BCUT2D eigenvalue weighted by atomic mass is 32.2. The van der Waals surface area contributed by atoms with Crippen molar-refractivity contribution in [1.29, 1.82) is 0 Å². The van der Waals surface area contributed by atoms with Crippen LogP contribution in [0.4, 0.5) is 0 Å². The van der Waals surface area contributed by atoms with Gasteiger partial charge in [0.25, 0.3) is 0 Å². The summed E-state index contributed by atoms with van der Waals surface area (Å²) in [6, 6.07) is -0.495. The Morgan fingerprint density at radius 3 is 2.69 bits per heavy atom. The molecule has 13 heteroatoms. The molecule has 4 bridgehead atoms. The molecule has 7 atom stereocenters. The molecule has 0 spiro atoms. The molecule has 0 radical (unpaired) electrons. The summed E-state index contributed by atoms with van der Waals surface area (Å²) in [5.41, 5.74) is 4.52. The number of esters is 2. The molecule has 2 fully saturated rings. The van der Waals surface area contributed by atoms with Crippen molar-refractivity contribution in [2.75, 3.05) is 32.8 Å². The van der Waals surface area contributed by atoms with Crippen molar-refractivity contribution in [1.82, 2.24) is 15.5 Å². The van der Waals surface area contributed by atoms with E-state index in [2.05, 4.69) is 10.6 Å². The first-order valence-corrected chi connectivity index (χ1v) is 16.5. The molecule has 0 saturated carbocycles. The number of carbonyl (C=O) groups excluding carboxylic acids is 2. The Bertz CT molecular complexity index is 1570. The van der Waals surface area contributed by atoms with Gasteiger partial charge in [0, 0.05) is 41.0 Å². The average molecular weight is 642 g/mol. The lowest BCUT2D eigenvalue weighted by atomic mass is 9.74. The normalized spacial score (nSPS) is 29.7. The fourth-order valence-corrected chi connectivity index (χ4v) is 9.40. The third kappa shape index (κ3) is 4.65. The molecule has 2 aromatic carbocycles. The van der Waals surface area contributed by atoms with E-state index in [0.717, 1.165) is 23.1 Å². The molecule has 2 saturated heterocycles. The van der Waals surface area contributed by atoms with Crippen molar-refractivity contribution in [3.63, 3.8) is 0 Å². The first-order valence-electron chi connectivity index (χ1n) is 15.4. The van der Waals surface area contributed by atoms with Crippen LogP contribution in [-0.2, 0) is 20.7 Å². The molecule has 242 valence electrons. The van der Waals surface area contributed by atoms with Crippen molar-refractivity contribution in [3.05, 3.63) is 39.4 Å². The molecule has 0 amide bonds. The second-order valence-corrected chi connectivity index (χ2v) is 13.5. The largest absolute Gasteiger partial charge is 0.504 e. The summed E-state index contributed by atoms with van der Waals surface area (Å²) in [4.78, 5) is 28.0. The molecule has 45 heavy (non-hydrogen) atoms. The Morgan fingerprint density at radius 1 is 1.18 bits per heavy atom. The number of benzene rings is 2. The van der Waals surface area contributed by atoms with E-state index >= 15 is 0 Å². The van der Waals surface area contributed by atoms with Gasteiger partial charge in [-0.3, -0.25) is 14.5 Å². The van der Waals surface area contributed by atoms with Gasteiger partial charge in [0.1, 0.15) is 24.6 Å². The number of methoxy groups -OCH3 is 1. The Hall–Kier alpha value is -3.23. The van der Waals surface area contributed by atoms with E-state index < -0.39 is 41.6 Å². The van der Waals surface area contributed by atoms with E-state index in [4.69, 9.17) is 23.7 Å². The van der Waals surface area contributed by atoms with Crippen LogP contribution in [0, 0.1) is 13.8 Å². The zero-order chi connectivity index (χ0) is 31.7. The fraction of sp³-hybridized carbons (Fsp3) is 0.562. The zero-order valence-electron chi connectivity index (χ0n) is 26.0. The van der Waals surface area contributed by atoms with Crippen molar-refractivity contribution in [2.24, 2.45) is 0 Å². The maximum atomic E-state index is 13.4.